The van der Waals surface area contributed by atoms with E-state index in [1.54, 1.807) is 0 Å². The highest BCUT2D eigenvalue weighted by atomic mass is 79.9. The van der Waals surface area contributed by atoms with Gasteiger partial charge in [-0.2, -0.15) is 0 Å². The van der Waals surface area contributed by atoms with Crippen molar-refractivity contribution in [3.8, 4) is 0 Å². The van der Waals surface area contributed by atoms with E-state index in [1.807, 2.05) is 0 Å². The zero-order valence-corrected chi connectivity index (χ0v) is 11.1. The molecule has 1 aliphatic carbocycles. The van der Waals surface area contributed by atoms with E-state index >= 15 is 0 Å². The SMILES string of the molecule is Brc1cccc(C2CNCCC23CCC3)c1. The molecule has 1 heterocycles. The first kappa shape index (κ1) is 10.8. The Kier molecular flexibility index (Phi) is 2.80. The molecule has 1 unspecified atom stereocenters. The Hall–Kier alpha value is -0.340. The molecule has 2 aliphatic rings. The zero-order valence-electron chi connectivity index (χ0n) is 9.51. The number of hydrogen-bond donors (Lipinski definition) is 1. The lowest BCUT2D eigenvalue weighted by Gasteiger charge is -2.51. The van der Waals surface area contributed by atoms with Gasteiger partial charge in [0.1, 0.15) is 0 Å². The average Bonchev–Trinajstić information content (AvgIpc) is 2.27. The van der Waals surface area contributed by atoms with E-state index in [4.69, 9.17) is 0 Å². The number of hydrogen-bond acceptors (Lipinski definition) is 1. The lowest BCUT2D eigenvalue weighted by atomic mass is 9.56. The van der Waals surface area contributed by atoms with Gasteiger partial charge in [-0.15, -0.1) is 0 Å². The summed E-state index contributed by atoms with van der Waals surface area (Å²) in [6, 6.07) is 8.88. The standard InChI is InChI=1S/C14H18BrN/c15-12-4-1-3-11(9-12)13-10-16-8-7-14(13)5-2-6-14/h1,3-4,9,13,16H,2,5-8,10H2. The molecule has 1 N–H and O–H groups in total. The maximum atomic E-state index is 3.59. The van der Waals surface area contributed by atoms with Crippen LogP contribution in [0.2, 0.25) is 0 Å². The van der Waals surface area contributed by atoms with E-state index in [0.717, 1.165) is 12.5 Å². The summed E-state index contributed by atoms with van der Waals surface area (Å²) in [7, 11) is 0. The van der Waals surface area contributed by atoms with Gasteiger partial charge in [-0.1, -0.05) is 34.5 Å². The second kappa shape index (κ2) is 4.15. The molecule has 1 spiro atoms. The Balaban J connectivity index is 1.92. The predicted octanol–water partition coefficient (Wildman–Crippen LogP) is 3.70. The van der Waals surface area contributed by atoms with Crippen molar-refractivity contribution in [3.63, 3.8) is 0 Å². The van der Waals surface area contributed by atoms with E-state index in [-0.39, 0.29) is 0 Å². The fourth-order valence-corrected chi connectivity index (χ4v) is 3.82. The smallest absolute Gasteiger partial charge is 0.0178 e. The molecule has 1 aliphatic heterocycles. The monoisotopic (exact) mass is 279 g/mol. The normalized spacial score (nSPS) is 27.7. The summed E-state index contributed by atoms with van der Waals surface area (Å²) in [4.78, 5) is 0. The Morgan fingerprint density at radius 3 is 2.81 bits per heavy atom. The van der Waals surface area contributed by atoms with Crippen molar-refractivity contribution in [1.29, 1.82) is 0 Å². The van der Waals surface area contributed by atoms with E-state index in [1.165, 1.54) is 42.3 Å². The van der Waals surface area contributed by atoms with E-state index in [9.17, 15) is 0 Å². The Bertz CT molecular complexity index is 384. The fourth-order valence-electron chi connectivity index (χ4n) is 3.40. The molecule has 3 rings (SSSR count). The number of nitrogens with one attached hydrogen (secondary N) is 1. The first-order chi connectivity index (χ1) is 7.80. The summed E-state index contributed by atoms with van der Waals surface area (Å²) in [6.07, 6.45) is 5.67. The van der Waals surface area contributed by atoms with Crippen molar-refractivity contribution in [3.05, 3.63) is 34.3 Å². The van der Waals surface area contributed by atoms with Crippen LogP contribution in [-0.2, 0) is 0 Å². The third kappa shape index (κ3) is 1.72. The minimum Gasteiger partial charge on any atom is -0.316 e. The molecule has 1 nitrogen and oxygen atoms in total. The number of piperidine rings is 1. The maximum Gasteiger partial charge on any atom is 0.0178 e. The number of halogens is 1. The lowest BCUT2D eigenvalue weighted by molar-refractivity contribution is 0.0580. The van der Waals surface area contributed by atoms with Gasteiger partial charge in [0.25, 0.3) is 0 Å². The van der Waals surface area contributed by atoms with Crippen molar-refractivity contribution < 1.29 is 0 Å². The Morgan fingerprint density at radius 1 is 1.25 bits per heavy atom. The van der Waals surface area contributed by atoms with Crippen molar-refractivity contribution in [2.45, 2.75) is 31.6 Å². The van der Waals surface area contributed by atoms with Crippen LogP contribution in [0.15, 0.2) is 28.7 Å². The molecule has 0 bridgehead atoms. The van der Waals surface area contributed by atoms with Crippen LogP contribution in [0.4, 0.5) is 0 Å². The first-order valence-corrected chi connectivity index (χ1v) is 7.06. The minimum atomic E-state index is 0.631. The molecule has 1 aromatic rings. The third-order valence-electron chi connectivity index (χ3n) is 4.49. The van der Waals surface area contributed by atoms with Gasteiger partial charge in [0, 0.05) is 16.9 Å². The molecule has 1 saturated heterocycles. The highest BCUT2D eigenvalue weighted by molar-refractivity contribution is 9.10. The van der Waals surface area contributed by atoms with Gasteiger partial charge in [-0.3, -0.25) is 0 Å². The average molecular weight is 280 g/mol. The van der Waals surface area contributed by atoms with Crippen LogP contribution in [0, 0.1) is 5.41 Å². The maximum absolute atomic E-state index is 3.59. The van der Waals surface area contributed by atoms with Crippen LogP contribution in [0.1, 0.15) is 37.2 Å². The topological polar surface area (TPSA) is 12.0 Å². The van der Waals surface area contributed by atoms with Crippen LogP contribution >= 0.6 is 15.9 Å². The molecule has 0 aromatic heterocycles. The summed E-state index contributed by atoms with van der Waals surface area (Å²) < 4.78 is 1.21. The van der Waals surface area contributed by atoms with Gasteiger partial charge in [0.15, 0.2) is 0 Å². The predicted molar refractivity (Wildman–Crippen MR) is 70.7 cm³/mol. The molecule has 2 heteroatoms. The number of benzene rings is 1. The lowest BCUT2D eigenvalue weighted by Crippen LogP contribution is -2.47. The van der Waals surface area contributed by atoms with Gasteiger partial charge >= 0.3 is 0 Å². The number of rotatable bonds is 1. The second-order valence-electron chi connectivity index (χ2n) is 5.28. The van der Waals surface area contributed by atoms with Crippen LogP contribution in [0.5, 0.6) is 0 Å². The van der Waals surface area contributed by atoms with Crippen molar-refractivity contribution in [1.82, 2.24) is 5.32 Å². The summed E-state index contributed by atoms with van der Waals surface area (Å²) in [5.41, 5.74) is 2.15. The van der Waals surface area contributed by atoms with Gasteiger partial charge in [0.05, 0.1) is 0 Å². The quantitative estimate of drug-likeness (QED) is 0.827. The molecule has 1 atom stereocenters. The van der Waals surface area contributed by atoms with Crippen molar-refractivity contribution in [2.75, 3.05) is 13.1 Å². The Labute approximate surface area is 106 Å². The second-order valence-corrected chi connectivity index (χ2v) is 6.19. The summed E-state index contributed by atoms with van der Waals surface area (Å²) >= 11 is 3.59. The van der Waals surface area contributed by atoms with Gasteiger partial charge in [-0.25, -0.2) is 0 Å². The van der Waals surface area contributed by atoms with Gasteiger partial charge < -0.3 is 5.32 Å². The summed E-state index contributed by atoms with van der Waals surface area (Å²) in [5.74, 6) is 0.729. The molecule has 0 radical (unpaired) electrons. The molecule has 1 saturated carbocycles. The summed E-state index contributed by atoms with van der Waals surface area (Å²) in [5, 5.41) is 3.56. The first-order valence-electron chi connectivity index (χ1n) is 6.26. The largest absolute Gasteiger partial charge is 0.316 e. The molecule has 2 fully saturated rings. The van der Waals surface area contributed by atoms with Crippen LogP contribution in [0.25, 0.3) is 0 Å². The molecule has 16 heavy (non-hydrogen) atoms. The summed E-state index contributed by atoms with van der Waals surface area (Å²) in [6.45, 7) is 2.38. The zero-order chi connectivity index (χ0) is 11.0. The molecule has 0 amide bonds. The van der Waals surface area contributed by atoms with E-state index < -0.39 is 0 Å². The van der Waals surface area contributed by atoms with Crippen LogP contribution < -0.4 is 5.32 Å². The van der Waals surface area contributed by atoms with E-state index in [0.29, 0.717) is 5.41 Å². The highest BCUT2D eigenvalue weighted by Crippen LogP contribution is 2.54. The van der Waals surface area contributed by atoms with E-state index in [2.05, 4.69) is 45.5 Å². The van der Waals surface area contributed by atoms with Gasteiger partial charge in [-0.05, 0) is 48.9 Å². The minimum absolute atomic E-state index is 0.631. The third-order valence-corrected chi connectivity index (χ3v) is 4.98. The Morgan fingerprint density at radius 2 is 2.12 bits per heavy atom. The molecule has 1 aromatic carbocycles. The van der Waals surface area contributed by atoms with Crippen molar-refractivity contribution >= 4 is 15.9 Å². The highest BCUT2D eigenvalue weighted by Gasteiger charge is 2.45. The molecular weight excluding hydrogens is 262 g/mol. The van der Waals surface area contributed by atoms with Crippen LogP contribution in [0.3, 0.4) is 0 Å². The molecule has 86 valence electrons. The van der Waals surface area contributed by atoms with Crippen LogP contribution in [-0.4, -0.2) is 13.1 Å². The van der Waals surface area contributed by atoms with Gasteiger partial charge in [0.2, 0.25) is 0 Å². The van der Waals surface area contributed by atoms with Crippen molar-refractivity contribution in [2.24, 2.45) is 5.41 Å². The molecular formula is C14H18BrN. The fraction of sp³-hybridized carbons (Fsp3) is 0.571.